The molecule has 0 aliphatic heterocycles. The van der Waals surface area contributed by atoms with Crippen LogP contribution in [0.25, 0.3) is 0 Å². The van der Waals surface area contributed by atoms with Crippen LogP contribution in [0, 0.1) is 0 Å². The van der Waals surface area contributed by atoms with E-state index in [-0.39, 0.29) is 0 Å². The minimum atomic E-state index is -2.76. The van der Waals surface area contributed by atoms with Crippen molar-refractivity contribution in [1.29, 1.82) is 0 Å². The Morgan fingerprint density at radius 2 is 0.818 bits per heavy atom. The van der Waals surface area contributed by atoms with Gasteiger partial charge in [0.15, 0.2) is 0 Å². The molecular formula is C16H38O4Si2. The van der Waals surface area contributed by atoms with Crippen molar-refractivity contribution >= 4 is 16.2 Å². The van der Waals surface area contributed by atoms with Gasteiger partial charge in [0.25, 0.3) is 7.83 Å². The normalized spacial score (nSPS) is 12.8. The van der Waals surface area contributed by atoms with E-state index in [2.05, 4.69) is 41.5 Å². The third-order valence-electron chi connectivity index (χ3n) is 3.77. The largest absolute Gasteiger partial charge is 0.503 e. The summed E-state index contributed by atoms with van der Waals surface area (Å²) in [5, 5.41) is 0. The lowest BCUT2D eigenvalue weighted by Crippen LogP contribution is -2.70. The van der Waals surface area contributed by atoms with Gasteiger partial charge >= 0.3 is 8.32 Å². The smallest absolute Gasteiger partial charge is 0.411 e. The molecule has 0 heterocycles. The van der Waals surface area contributed by atoms with Crippen LogP contribution in [0.3, 0.4) is 0 Å². The molecule has 4 nitrogen and oxygen atoms in total. The van der Waals surface area contributed by atoms with E-state index in [4.69, 9.17) is 17.7 Å². The molecule has 0 saturated carbocycles. The van der Waals surface area contributed by atoms with E-state index in [1.54, 1.807) is 0 Å². The van der Waals surface area contributed by atoms with Gasteiger partial charge in [-0.1, -0.05) is 41.5 Å². The first-order valence-electron chi connectivity index (χ1n) is 9.17. The molecule has 22 heavy (non-hydrogen) atoms. The molecule has 0 radical (unpaired) electrons. The quantitative estimate of drug-likeness (QED) is 0.401. The zero-order valence-corrected chi connectivity index (χ0v) is 17.7. The molecular weight excluding hydrogens is 312 g/mol. The van der Waals surface area contributed by atoms with Crippen LogP contribution in [0.1, 0.15) is 67.2 Å². The van der Waals surface area contributed by atoms with Crippen molar-refractivity contribution in [2.24, 2.45) is 0 Å². The van der Waals surface area contributed by atoms with Crippen molar-refractivity contribution < 1.29 is 17.7 Å². The minimum Gasteiger partial charge on any atom is -0.411 e. The molecule has 0 saturated heterocycles. The predicted octanol–water partition coefficient (Wildman–Crippen LogP) is 4.70. The standard InChI is InChI=1S/C16H38O4Si2/c1-7-13-17-21(11-5,12-6)22(18-14-8-2,19-15-9-3)20-16-10-4/h7-16H2,1-6H3. The Morgan fingerprint density at radius 3 is 1.09 bits per heavy atom. The summed E-state index contributed by atoms with van der Waals surface area (Å²) >= 11 is 0. The van der Waals surface area contributed by atoms with Crippen molar-refractivity contribution in [3.63, 3.8) is 0 Å². The maximum Gasteiger partial charge on any atom is 0.503 e. The van der Waals surface area contributed by atoms with Gasteiger partial charge in [-0.15, -0.1) is 0 Å². The van der Waals surface area contributed by atoms with Crippen LogP contribution in [0.2, 0.25) is 12.1 Å². The van der Waals surface area contributed by atoms with Crippen LogP contribution >= 0.6 is 0 Å². The van der Waals surface area contributed by atoms with Crippen LogP contribution < -0.4 is 0 Å². The molecule has 0 amide bonds. The average Bonchev–Trinajstić information content (AvgIpc) is 2.56. The molecule has 0 aliphatic rings. The Hall–Kier alpha value is 0.274. The molecule has 0 bridgehead atoms. The first-order valence-corrected chi connectivity index (χ1v) is 14.2. The Kier molecular flexibility index (Phi) is 12.8. The molecule has 0 fully saturated rings. The second-order valence-corrected chi connectivity index (χ2v) is 15.9. The maximum atomic E-state index is 6.46. The van der Waals surface area contributed by atoms with Crippen molar-refractivity contribution in [1.82, 2.24) is 0 Å². The third-order valence-corrected chi connectivity index (χ3v) is 16.9. The molecule has 0 aromatic heterocycles. The fourth-order valence-electron chi connectivity index (χ4n) is 2.50. The fraction of sp³-hybridized carbons (Fsp3) is 1.00. The van der Waals surface area contributed by atoms with E-state index in [1.165, 1.54) is 0 Å². The monoisotopic (exact) mass is 350 g/mol. The summed E-state index contributed by atoms with van der Waals surface area (Å²) < 4.78 is 25.5. The molecule has 0 N–H and O–H groups in total. The summed E-state index contributed by atoms with van der Waals surface area (Å²) in [6.07, 6.45) is 3.96. The van der Waals surface area contributed by atoms with Gasteiger partial charge in [-0.3, -0.25) is 0 Å². The summed E-state index contributed by atoms with van der Waals surface area (Å²) in [6, 6.07) is 1.99. The SMILES string of the molecule is CCCO[Si](CC)(CC)[Si](OCCC)(OCCC)OCCC. The Balaban J connectivity index is 5.53. The van der Waals surface area contributed by atoms with E-state index < -0.39 is 16.2 Å². The van der Waals surface area contributed by atoms with E-state index in [0.717, 1.165) is 44.4 Å². The minimum absolute atomic E-state index is 0.698. The van der Waals surface area contributed by atoms with Gasteiger partial charge in [0.05, 0.1) is 0 Å². The van der Waals surface area contributed by atoms with Gasteiger partial charge in [-0.2, -0.15) is 0 Å². The topological polar surface area (TPSA) is 36.9 Å². The molecule has 134 valence electrons. The Labute approximate surface area is 140 Å². The molecule has 0 unspecified atom stereocenters. The summed E-state index contributed by atoms with van der Waals surface area (Å²) in [6.45, 7) is 15.9. The highest BCUT2D eigenvalue weighted by atomic mass is 29.3. The third kappa shape index (κ3) is 6.05. The van der Waals surface area contributed by atoms with Gasteiger partial charge in [-0.05, 0) is 37.8 Å². The number of hydrogen-bond acceptors (Lipinski definition) is 4. The van der Waals surface area contributed by atoms with Gasteiger partial charge in [0.1, 0.15) is 0 Å². The highest BCUT2D eigenvalue weighted by Crippen LogP contribution is 2.32. The van der Waals surface area contributed by atoms with Gasteiger partial charge in [0.2, 0.25) is 0 Å². The zero-order chi connectivity index (χ0) is 16.9. The Morgan fingerprint density at radius 1 is 0.500 bits per heavy atom. The number of hydrogen-bond donors (Lipinski definition) is 0. The van der Waals surface area contributed by atoms with Crippen molar-refractivity contribution in [2.45, 2.75) is 79.3 Å². The van der Waals surface area contributed by atoms with Crippen LogP contribution in [-0.4, -0.2) is 42.6 Å². The van der Waals surface area contributed by atoms with Gasteiger partial charge < -0.3 is 17.7 Å². The second kappa shape index (κ2) is 12.7. The summed E-state index contributed by atoms with van der Waals surface area (Å²) in [5.74, 6) is 0. The van der Waals surface area contributed by atoms with Crippen LogP contribution in [0.15, 0.2) is 0 Å². The van der Waals surface area contributed by atoms with Crippen LogP contribution in [0.4, 0.5) is 0 Å². The average molecular weight is 351 g/mol. The second-order valence-electron chi connectivity index (χ2n) is 5.65. The predicted molar refractivity (Wildman–Crippen MR) is 97.4 cm³/mol. The highest BCUT2D eigenvalue weighted by Gasteiger charge is 2.63. The van der Waals surface area contributed by atoms with Crippen LogP contribution in [0.5, 0.6) is 0 Å². The molecule has 0 atom stereocenters. The summed E-state index contributed by atoms with van der Waals surface area (Å²) in [5.41, 5.74) is 0. The van der Waals surface area contributed by atoms with Gasteiger partial charge in [0, 0.05) is 26.4 Å². The lowest BCUT2D eigenvalue weighted by atomic mass is 10.5. The maximum absolute atomic E-state index is 6.46. The lowest BCUT2D eigenvalue weighted by molar-refractivity contribution is 0.0692. The first kappa shape index (κ1) is 22.3. The summed E-state index contributed by atoms with van der Waals surface area (Å²) in [7, 11) is -4.94. The first-order chi connectivity index (χ1) is 10.6. The van der Waals surface area contributed by atoms with Crippen molar-refractivity contribution in [3.05, 3.63) is 0 Å². The molecule has 0 rings (SSSR count). The molecule has 0 aliphatic carbocycles. The van der Waals surface area contributed by atoms with E-state index in [9.17, 15) is 0 Å². The fourth-order valence-corrected chi connectivity index (χ4v) is 14.2. The van der Waals surface area contributed by atoms with E-state index in [0.29, 0.717) is 19.8 Å². The van der Waals surface area contributed by atoms with Crippen molar-refractivity contribution in [2.75, 3.05) is 26.4 Å². The number of rotatable bonds is 15. The molecule has 6 heteroatoms. The van der Waals surface area contributed by atoms with Crippen molar-refractivity contribution in [3.8, 4) is 0 Å². The lowest BCUT2D eigenvalue weighted by Gasteiger charge is -2.42. The van der Waals surface area contributed by atoms with Crippen LogP contribution in [-0.2, 0) is 17.7 Å². The Bertz CT molecular complexity index is 239. The molecule has 0 spiro atoms. The summed E-state index contributed by atoms with van der Waals surface area (Å²) in [4.78, 5) is 0. The molecule has 0 aromatic carbocycles. The van der Waals surface area contributed by atoms with Gasteiger partial charge in [-0.25, -0.2) is 0 Å². The highest BCUT2D eigenvalue weighted by molar-refractivity contribution is 7.32. The van der Waals surface area contributed by atoms with E-state index in [1.807, 2.05) is 0 Å². The van der Waals surface area contributed by atoms with E-state index >= 15 is 0 Å². The zero-order valence-electron chi connectivity index (χ0n) is 15.7. The molecule has 0 aromatic rings.